The summed E-state index contributed by atoms with van der Waals surface area (Å²) in [6.45, 7) is 8.30. The van der Waals surface area contributed by atoms with Gasteiger partial charge in [0.05, 0.1) is 78.2 Å². The Morgan fingerprint density at radius 3 is 1.74 bits per heavy atom. The van der Waals surface area contributed by atoms with Gasteiger partial charge in [-0.2, -0.15) is 11.8 Å². The van der Waals surface area contributed by atoms with Gasteiger partial charge >= 0.3 is 18.0 Å². The molecule has 0 radical (unpaired) electrons. The van der Waals surface area contributed by atoms with Gasteiger partial charge in [-0.05, 0) is 44.9 Å². The highest BCUT2D eigenvalue weighted by Gasteiger charge is 2.42. The number of carbonyl (C=O) groups excluding carboxylic acids is 7. The molecule has 2 rings (SSSR count). The molecule has 21 heteroatoms. The van der Waals surface area contributed by atoms with Gasteiger partial charge in [0.25, 0.3) is 0 Å². The fourth-order valence-electron chi connectivity index (χ4n) is 7.34. The number of rotatable bonds is 46. The van der Waals surface area contributed by atoms with Crippen LogP contribution in [0.2, 0.25) is 0 Å². The number of hydrogen-bond acceptors (Lipinski definition) is 15. The standard InChI is InChI=1S/C48H86N6O14S/c1-3-5-7-15-25-67-45(59)21-20-38(47(60)68-26-16-8-6-4-2)52-42(56)19-11-9-10-14-22-49-43(57)35-65-33-31-64-32-34-66-36-44(58)51-24-28-63-30-29-62-27-23-50-41(55)18-13-12-17-40-46-39(37-69-40)53-48(61)54-46/h38-40,46H,3-37H2,1-2H3,(H,49,57)(H,50,55)(H,51,58)(H,52,56)(H2,53,54,61)/t38-,39-,40-,46-/m0/s1. The number of unbranched alkanes of at least 4 members (excludes halogenated alkanes) is 10. The number of ether oxygens (including phenoxy) is 7. The fraction of sp³-hybridized carbons (Fsp3) is 0.854. The number of hydrogen-bond donors (Lipinski definition) is 6. The molecule has 6 amide bonds. The van der Waals surface area contributed by atoms with Crippen molar-refractivity contribution in [1.82, 2.24) is 31.9 Å². The lowest BCUT2D eigenvalue weighted by molar-refractivity contribution is -0.149. The SMILES string of the molecule is CCCCCCOC(=O)CC[C@H](NC(=O)CCCCCCNC(=O)COCCOCCOCC(=O)NCCOCCOCCNC(=O)CCCC[C@@H]1SC[C@@H]2NC(=O)N[C@@H]21)C(=O)OCCCCCC. The van der Waals surface area contributed by atoms with E-state index in [0.29, 0.717) is 70.8 Å². The molecule has 0 saturated carbocycles. The quantitative estimate of drug-likeness (QED) is 0.0290. The number of nitrogens with one attached hydrogen (secondary N) is 6. The predicted molar refractivity (Wildman–Crippen MR) is 262 cm³/mol. The zero-order valence-corrected chi connectivity index (χ0v) is 42.5. The van der Waals surface area contributed by atoms with Crippen molar-refractivity contribution >= 4 is 53.4 Å². The summed E-state index contributed by atoms with van der Waals surface area (Å²) in [7, 11) is 0. The maximum absolute atomic E-state index is 12.8. The van der Waals surface area contributed by atoms with Crippen LogP contribution in [0, 0.1) is 0 Å². The van der Waals surface area contributed by atoms with Gasteiger partial charge in [-0.15, -0.1) is 0 Å². The van der Waals surface area contributed by atoms with Gasteiger partial charge in [0.15, 0.2) is 0 Å². The minimum Gasteiger partial charge on any atom is -0.466 e. The zero-order chi connectivity index (χ0) is 50.0. The topological polar surface area (TPSA) is 256 Å². The molecular weight excluding hydrogens is 917 g/mol. The second-order valence-corrected chi connectivity index (χ2v) is 18.5. The van der Waals surface area contributed by atoms with Crippen LogP contribution in [0.4, 0.5) is 4.79 Å². The van der Waals surface area contributed by atoms with Crippen molar-refractivity contribution in [2.45, 2.75) is 159 Å². The third-order valence-corrected chi connectivity index (χ3v) is 12.7. The van der Waals surface area contributed by atoms with Gasteiger partial charge in [0.1, 0.15) is 19.3 Å². The van der Waals surface area contributed by atoms with Crippen LogP contribution in [0.1, 0.15) is 136 Å². The number of thioether (sulfide) groups is 1. The van der Waals surface area contributed by atoms with E-state index in [1.54, 1.807) is 0 Å². The first-order chi connectivity index (χ1) is 33.6. The van der Waals surface area contributed by atoms with Gasteiger partial charge in [0.2, 0.25) is 23.6 Å². The second-order valence-electron chi connectivity index (χ2n) is 17.2. The van der Waals surface area contributed by atoms with Crippen molar-refractivity contribution in [3.05, 3.63) is 0 Å². The molecule has 0 bridgehead atoms. The molecule has 4 atom stereocenters. The molecule has 398 valence electrons. The molecule has 2 aliphatic heterocycles. The molecule has 0 aromatic carbocycles. The summed E-state index contributed by atoms with van der Waals surface area (Å²) in [4.78, 5) is 85.4. The normalized spacial score (nSPS) is 16.5. The molecule has 0 aromatic rings. The lowest BCUT2D eigenvalue weighted by Crippen LogP contribution is -2.42. The highest BCUT2D eigenvalue weighted by Crippen LogP contribution is 2.33. The summed E-state index contributed by atoms with van der Waals surface area (Å²) in [5.74, 6) is -0.755. The van der Waals surface area contributed by atoms with Crippen LogP contribution in [0.5, 0.6) is 0 Å². The summed E-state index contributed by atoms with van der Waals surface area (Å²) in [6, 6.07) is -0.568. The van der Waals surface area contributed by atoms with E-state index < -0.39 is 12.0 Å². The van der Waals surface area contributed by atoms with Gasteiger partial charge in [-0.25, -0.2) is 9.59 Å². The van der Waals surface area contributed by atoms with Crippen LogP contribution >= 0.6 is 11.8 Å². The maximum atomic E-state index is 12.8. The smallest absolute Gasteiger partial charge is 0.328 e. The van der Waals surface area contributed by atoms with Crippen LogP contribution in [-0.2, 0) is 61.9 Å². The molecule has 2 aliphatic rings. The lowest BCUT2D eigenvalue weighted by atomic mass is 10.0. The first kappa shape index (κ1) is 61.4. The van der Waals surface area contributed by atoms with Gasteiger partial charge in [-0.1, -0.05) is 71.6 Å². The van der Waals surface area contributed by atoms with E-state index >= 15 is 0 Å². The van der Waals surface area contributed by atoms with E-state index in [1.807, 2.05) is 11.8 Å². The largest absolute Gasteiger partial charge is 0.466 e. The Morgan fingerprint density at radius 2 is 1.09 bits per heavy atom. The van der Waals surface area contributed by atoms with Crippen LogP contribution in [-0.4, -0.2) is 170 Å². The molecule has 69 heavy (non-hydrogen) atoms. The van der Waals surface area contributed by atoms with Crippen LogP contribution in [0.15, 0.2) is 0 Å². The second kappa shape index (κ2) is 42.0. The van der Waals surface area contributed by atoms with Crippen LogP contribution < -0.4 is 31.9 Å². The molecule has 20 nitrogen and oxygen atoms in total. The van der Waals surface area contributed by atoms with E-state index in [-0.39, 0.29) is 113 Å². The molecule has 0 aromatic heterocycles. The van der Waals surface area contributed by atoms with Crippen molar-refractivity contribution in [2.24, 2.45) is 0 Å². The van der Waals surface area contributed by atoms with Crippen molar-refractivity contribution < 1.29 is 66.7 Å². The summed E-state index contributed by atoms with van der Waals surface area (Å²) < 4.78 is 37.8. The average Bonchev–Trinajstić information content (AvgIpc) is 3.89. The number of carbonyl (C=O) groups is 7. The average molecular weight is 1000 g/mol. The van der Waals surface area contributed by atoms with Crippen LogP contribution in [0.25, 0.3) is 0 Å². The Hall–Kier alpha value is -3.76. The van der Waals surface area contributed by atoms with Crippen molar-refractivity contribution in [2.75, 3.05) is 105 Å². The molecule has 0 aliphatic carbocycles. The Labute approximate surface area is 414 Å². The summed E-state index contributed by atoms with van der Waals surface area (Å²) in [6.07, 6.45) is 14.3. The number of esters is 2. The predicted octanol–water partition coefficient (Wildman–Crippen LogP) is 3.61. The van der Waals surface area contributed by atoms with E-state index in [2.05, 4.69) is 45.7 Å². The third kappa shape index (κ3) is 33.5. The molecule has 6 N–H and O–H groups in total. The minimum atomic E-state index is -0.904. The molecule has 0 spiro atoms. The number of fused-ring (bicyclic) bond motifs is 1. The van der Waals surface area contributed by atoms with Crippen molar-refractivity contribution in [3.63, 3.8) is 0 Å². The zero-order valence-electron chi connectivity index (χ0n) is 41.7. The summed E-state index contributed by atoms with van der Waals surface area (Å²) in [5.41, 5.74) is 0. The first-order valence-electron chi connectivity index (χ1n) is 25.6. The number of urea groups is 1. The summed E-state index contributed by atoms with van der Waals surface area (Å²) >= 11 is 1.88. The minimum absolute atomic E-state index is 0.00284. The Kier molecular flexibility index (Phi) is 37.3. The fourth-order valence-corrected chi connectivity index (χ4v) is 8.88. The van der Waals surface area contributed by atoms with Crippen molar-refractivity contribution in [1.29, 1.82) is 0 Å². The monoisotopic (exact) mass is 1000 g/mol. The van der Waals surface area contributed by atoms with Crippen LogP contribution in [0.3, 0.4) is 0 Å². The van der Waals surface area contributed by atoms with E-state index in [0.717, 1.165) is 95.6 Å². The van der Waals surface area contributed by atoms with E-state index in [1.165, 1.54) is 0 Å². The third-order valence-electron chi connectivity index (χ3n) is 11.2. The first-order valence-corrected chi connectivity index (χ1v) is 26.7. The Morgan fingerprint density at radius 1 is 0.551 bits per heavy atom. The summed E-state index contributed by atoms with van der Waals surface area (Å²) in [5, 5.41) is 17.5. The maximum Gasteiger partial charge on any atom is 0.328 e. The van der Waals surface area contributed by atoms with Gasteiger partial charge < -0.3 is 65.1 Å². The molecular formula is C48H86N6O14S. The Bertz CT molecular complexity index is 1430. The van der Waals surface area contributed by atoms with Gasteiger partial charge in [-0.3, -0.25) is 24.0 Å². The van der Waals surface area contributed by atoms with E-state index in [9.17, 15) is 33.6 Å². The molecule has 2 heterocycles. The highest BCUT2D eigenvalue weighted by atomic mass is 32.2. The molecule has 2 saturated heterocycles. The molecule has 0 unspecified atom stereocenters. The lowest BCUT2D eigenvalue weighted by Gasteiger charge is -2.17. The Balaban J connectivity index is 1.33. The highest BCUT2D eigenvalue weighted by molar-refractivity contribution is 8.00. The number of amides is 6. The van der Waals surface area contributed by atoms with E-state index in [4.69, 9.17) is 33.2 Å². The molecule has 2 fully saturated rings. The van der Waals surface area contributed by atoms with Gasteiger partial charge in [0, 0.05) is 49.9 Å². The van der Waals surface area contributed by atoms with Crippen molar-refractivity contribution in [3.8, 4) is 0 Å².